The molecule has 0 aliphatic rings. The Morgan fingerprint density at radius 3 is 1.27 bits per heavy atom. The first-order valence-electron chi connectivity index (χ1n) is 21.5. The molecule has 11 rings (SSSR count). The summed E-state index contributed by atoms with van der Waals surface area (Å²) in [6.07, 6.45) is 0. The molecule has 63 heavy (non-hydrogen) atoms. The largest absolute Gasteiger partial charge is 0.354 e. The Morgan fingerprint density at radius 2 is 0.730 bits per heavy atom. The third-order valence-corrected chi connectivity index (χ3v) is 12.0. The lowest BCUT2D eigenvalue weighted by molar-refractivity contribution is 1.18. The summed E-state index contributed by atoms with van der Waals surface area (Å²) in [6, 6.07) is 91.3. The highest BCUT2D eigenvalue weighted by molar-refractivity contribution is 6.13. The van der Waals surface area contributed by atoms with Crippen LogP contribution >= 0.6 is 0 Å². The lowest BCUT2D eigenvalue weighted by Gasteiger charge is -2.25. The second-order valence-electron chi connectivity index (χ2n) is 15.8. The maximum atomic E-state index is 3.82. The second kappa shape index (κ2) is 16.6. The summed E-state index contributed by atoms with van der Waals surface area (Å²) in [5, 5.41) is 6.27. The van der Waals surface area contributed by atoms with Gasteiger partial charge < -0.3 is 14.8 Å². The van der Waals surface area contributed by atoms with Crippen LogP contribution in [0.3, 0.4) is 0 Å². The van der Waals surface area contributed by atoms with E-state index >= 15 is 0 Å². The fourth-order valence-corrected chi connectivity index (χ4v) is 9.04. The summed E-state index contributed by atoms with van der Waals surface area (Å²) in [7, 11) is 0. The molecule has 0 atom stereocenters. The zero-order chi connectivity index (χ0) is 42.0. The van der Waals surface area contributed by atoms with Gasteiger partial charge in [-0.1, -0.05) is 170 Å². The van der Waals surface area contributed by atoms with Crippen LogP contribution in [0.25, 0.3) is 72.0 Å². The number of aromatic nitrogens is 1. The average molecular weight is 806 g/mol. The van der Waals surface area contributed by atoms with E-state index < -0.39 is 0 Å². The van der Waals surface area contributed by atoms with Crippen molar-refractivity contribution in [3.63, 3.8) is 0 Å². The van der Waals surface area contributed by atoms with Gasteiger partial charge in [0.25, 0.3) is 0 Å². The number of fused-ring (bicyclic) bond motifs is 3. The van der Waals surface area contributed by atoms with Crippen LogP contribution in [-0.2, 0) is 0 Å². The maximum Gasteiger partial charge on any atom is 0.0776 e. The van der Waals surface area contributed by atoms with E-state index in [-0.39, 0.29) is 0 Å². The number of nitrogens with one attached hydrogen (secondary N) is 1. The van der Waals surface area contributed by atoms with Crippen molar-refractivity contribution in [3.05, 3.63) is 255 Å². The van der Waals surface area contributed by atoms with E-state index in [0.29, 0.717) is 0 Å². The topological polar surface area (TPSA) is 20.2 Å². The Hall–Kier alpha value is -8.40. The first-order valence-corrected chi connectivity index (χ1v) is 21.5. The number of nitrogens with zero attached hydrogens (tertiary/aromatic N) is 2. The van der Waals surface area contributed by atoms with Crippen molar-refractivity contribution >= 4 is 50.2 Å². The molecular formula is C60H43N3. The van der Waals surface area contributed by atoms with E-state index in [1.165, 1.54) is 49.7 Å². The summed E-state index contributed by atoms with van der Waals surface area (Å²) in [6.45, 7) is 0. The Morgan fingerprint density at radius 1 is 0.317 bits per heavy atom. The molecule has 3 nitrogen and oxygen atoms in total. The summed E-state index contributed by atoms with van der Waals surface area (Å²) >= 11 is 0. The predicted octanol–water partition coefficient (Wildman–Crippen LogP) is 16.7. The molecule has 1 heterocycles. The van der Waals surface area contributed by atoms with Crippen LogP contribution < -0.4 is 10.2 Å². The third kappa shape index (κ3) is 7.22. The number of benzene rings is 10. The van der Waals surface area contributed by atoms with Crippen LogP contribution in [0, 0.1) is 0 Å². The fourth-order valence-electron chi connectivity index (χ4n) is 9.04. The van der Waals surface area contributed by atoms with Gasteiger partial charge in [-0.15, -0.1) is 0 Å². The lowest BCUT2D eigenvalue weighted by atomic mass is 9.85. The molecule has 0 saturated heterocycles. The van der Waals surface area contributed by atoms with Crippen LogP contribution in [-0.4, -0.2) is 4.57 Å². The van der Waals surface area contributed by atoms with E-state index in [9.17, 15) is 0 Å². The van der Waals surface area contributed by atoms with E-state index in [0.717, 1.165) is 50.8 Å². The molecule has 298 valence electrons. The number of hydrogen-bond acceptors (Lipinski definition) is 2. The van der Waals surface area contributed by atoms with E-state index in [4.69, 9.17) is 0 Å². The number of anilines is 5. The third-order valence-electron chi connectivity index (χ3n) is 12.0. The average Bonchev–Trinajstić information content (AvgIpc) is 3.71. The van der Waals surface area contributed by atoms with Gasteiger partial charge in [0, 0.05) is 39.2 Å². The van der Waals surface area contributed by atoms with Crippen molar-refractivity contribution in [2.24, 2.45) is 0 Å². The van der Waals surface area contributed by atoms with Gasteiger partial charge in [0.15, 0.2) is 0 Å². The van der Waals surface area contributed by atoms with E-state index in [2.05, 4.69) is 270 Å². The van der Waals surface area contributed by atoms with Gasteiger partial charge in [0.1, 0.15) is 0 Å². The molecular weight excluding hydrogens is 763 g/mol. The van der Waals surface area contributed by atoms with Gasteiger partial charge in [-0.2, -0.15) is 0 Å². The minimum atomic E-state index is 1.03. The van der Waals surface area contributed by atoms with Crippen molar-refractivity contribution in [1.29, 1.82) is 0 Å². The van der Waals surface area contributed by atoms with Gasteiger partial charge in [-0.05, 0) is 129 Å². The summed E-state index contributed by atoms with van der Waals surface area (Å²) < 4.78 is 2.37. The molecule has 0 unspecified atom stereocenters. The SMILES string of the molecule is c1ccc(-c2cc(-c3ccc(N(c4ccccc4)c4ccccc4)cc3)c(-c3ccccc3)cc2-c2ccc(Nc3cccc4c5ccccc5n(-c5ccccc5)c34)cc2)cc1. The minimum Gasteiger partial charge on any atom is -0.354 e. The molecule has 3 heteroatoms. The quantitative estimate of drug-likeness (QED) is 0.149. The van der Waals surface area contributed by atoms with Gasteiger partial charge >= 0.3 is 0 Å². The molecule has 0 radical (unpaired) electrons. The Bertz CT molecular complexity index is 3270. The molecule has 0 spiro atoms. The maximum absolute atomic E-state index is 3.82. The number of para-hydroxylation sites is 5. The van der Waals surface area contributed by atoms with Gasteiger partial charge in [0.2, 0.25) is 0 Å². The smallest absolute Gasteiger partial charge is 0.0776 e. The first kappa shape index (κ1) is 37.6. The van der Waals surface area contributed by atoms with Crippen molar-refractivity contribution in [2.75, 3.05) is 10.2 Å². The van der Waals surface area contributed by atoms with Crippen molar-refractivity contribution < 1.29 is 0 Å². The fraction of sp³-hybridized carbons (Fsp3) is 0. The first-order chi connectivity index (χ1) is 31.3. The van der Waals surface area contributed by atoms with Crippen molar-refractivity contribution in [3.8, 4) is 50.2 Å². The van der Waals surface area contributed by atoms with Crippen molar-refractivity contribution in [2.45, 2.75) is 0 Å². The molecule has 11 aromatic rings. The molecule has 0 saturated carbocycles. The normalized spacial score (nSPS) is 11.2. The molecule has 10 aromatic carbocycles. The van der Waals surface area contributed by atoms with E-state index in [1.807, 2.05) is 0 Å². The zero-order valence-corrected chi connectivity index (χ0v) is 34.6. The van der Waals surface area contributed by atoms with Crippen LogP contribution in [0.1, 0.15) is 0 Å². The molecule has 1 aromatic heterocycles. The summed E-state index contributed by atoms with van der Waals surface area (Å²) in [5.41, 5.74) is 18.3. The van der Waals surface area contributed by atoms with Gasteiger partial charge in [-0.3, -0.25) is 0 Å². The van der Waals surface area contributed by atoms with Gasteiger partial charge in [-0.25, -0.2) is 0 Å². The highest BCUT2D eigenvalue weighted by Crippen LogP contribution is 2.44. The summed E-state index contributed by atoms with van der Waals surface area (Å²) in [5.74, 6) is 0. The van der Waals surface area contributed by atoms with Crippen LogP contribution in [0.5, 0.6) is 0 Å². The van der Waals surface area contributed by atoms with Crippen LogP contribution in [0.4, 0.5) is 28.4 Å². The Kier molecular flexibility index (Phi) is 9.89. The molecule has 0 fully saturated rings. The standard InChI is InChI=1S/C60H43N3/c1-6-19-43(20-7-1)54-42-57(46-35-39-51(40-36-46)62(48-23-10-3-11-24-48)49-25-12-4-13-26-49)55(44-21-8-2-9-22-44)41-56(54)45-33-37-47(38-34-45)61-58-31-18-30-53-52-29-16-17-32-59(52)63(60(53)58)50-27-14-5-15-28-50/h1-42,61H. The van der Waals surface area contributed by atoms with Gasteiger partial charge in [0.05, 0.1) is 16.7 Å². The summed E-state index contributed by atoms with van der Waals surface area (Å²) in [4.78, 5) is 2.31. The Balaban J connectivity index is 1.01. The van der Waals surface area contributed by atoms with Crippen LogP contribution in [0.2, 0.25) is 0 Å². The number of rotatable bonds is 10. The monoisotopic (exact) mass is 805 g/mol. The highest BCUT2D eigenvalue weighted by atomic mass is 15.1. The molecule has 0 bridgehead atoms. The Labute approximate surface area is 368 Å². The number of hydrogen-bond donors (Lipinski definition) is 1. The van der Waals surface area contributed by atoms with Crippen LogP contribution in [0.15, 0.2) is 255 Å². The lowest BCUT2D eigenvalue weighted by Crippen LogP contribution is -2.09. The predicted molar refractivity (Wildman–Crippen MR) is 267 cm³/mol. The highest BCUT2D eigenvalue weighted by Gasteiger charge is 2.19. The molecule has 0 aliphatic heterocycles. The molecule has 0 amide bonds. The second-order valence-corrected chi connectivity index (χ2v) is 15.8. The molecule has 1 N–H and O–H groups in total. The van der Waals surface area contributed by atoms with Crippen molar-refractivity contribution in [1.82, 2.24) is 4.57 Å². The van der Waals surface area contributed by atoms with E-state index in [1.54, 1.807) is 0 Å². The molecule has 0 aliphatic carbocycles. The zero-order valence-electron chi connectivity index (χ0n) is 34.6. The minimum absolute atomic E-state index is 1.03.